The fourth-order valence-corrected chi connectivity index (χ4v) is 2.85. The minimum Gasteiger partial charge on any atom is -0.381 e. The summed E-state index contributed by atoms with van der Waals surface area (Å²) in [6.45, 7) is 7.22. The average Bonchev–Trinajstić information content (AvgIpc) is 2.89. The SMILES string of the molecule is Cc1ncc(CCNC(C)C2CCOC2)s1. The van der Waals surface area contributed by atoms with Crippen molar-refractivity contribution in [1.82, 2.24) is 10.3 Å². The molecule has 4 heteroatoms. The molecule has 1 aromatic rings. The van der Waals surface area contributed by atoms with E-state index in [1.54, 1.807) is 11.3 Å². The normalized spacial score (nSPS) is 22.5. The van der Waals surface area contributed by atoms with Crippen LogP contribution in [0.2, 0.25) is 0 Å². The van der Waals surface area contributed by atoms with Crippen LogP contribution in [0.1, 0.15) is 23.2 Å². The number of aryl methyl sites for hydroxylation is 1. The topological polar surface area (TPSA) is 34.2 Å². The lowest BCUT2D eigenvalue weighted by molar-refractivity contribution is 0.178. The Balaban J connectivity index is 1.67. The van der Waals surface area contributed by atoms with Crippen molar-refractivity contribution >= 4 is 11.3 Å². The van der Waals surface area contributed by atoms with Gasteiger partial charge in [-0.15, -0.1) is 11.3 Å². The van der Waals surface area contributed by atoms with Crippen LogP contribution in [0.5, 0.6) is 0 Å². The van der Waals surface area contributed by atoms with E-state index in [1.807, 2.05) is 6.20 Å². The molecular weight excluding hydrogens is 220 g/mol. The van der Waals surface area contributed by atoms with Crippen LogP contribution >= 0.6 is 11.3 Å². The molecule has 3 nitrogen and oxygen atoms in total. The molecule has 2 rings (SSSR count). The molecule has 0 spiro atoms. The molecule has 1 aliphatic rings. The molecule has 2 heterocycles. The largest absolute Gasteiger partial charge is 0.381 e. The molecule has 0 bridgehead atoms. The highest BCUT2D eigenvalue weighted by molar-refractivity contribution is 7.11. The van der Waals surface area contributed by atoms with Crippen LogP contribution in [-0.4, -0.2) is 30.8 Å². The Bertz CT molecular complexity index is 321. The smallest absolute Gasteiger partial charge is 0.0896 e. The van der Waals surface area contributed by atoms with Crippen molar-refractivity contribution in [3.8, 4) is 0 Å². The molecule has 1 aromatic heterocycles. The molecule has 0 amide bonds. The van der Waals surface area contributed by atoms with Crippen molar-refractivity contribution in [2.45, 2.75) is 32.7 Å². The first-order chi connectivity index (χ1) is 7.75. The first-order valence-corrected chi connectivity index (χ1v) is 6.80. The predicted octanol–water partition coefficient (Wildman–Crippen LogP) is 2.01. The first-order valence-electron chi connectivity index (χ1n) is 5.98. The third-order valence-electron chi connectivity index (χ3n) is 3.18. The minimum atomic E-state index is 0.566. The first kappa shape index (κ1) is 12.0. The molecule has 2 atom stereocenters. The maximum atomic E-state index is 5.40. The summed E-state index contributed by atoms with van der Waals surface area (Å²) >= 11 is 1.80. The van der Waals surface area contributed by atoms with E-state index in [0.717, 1.165) is 31.2 Å². The van der Waals surface area contributed by atoms with Crippen molar-refractivity contribution in [3.63, 3.8) is 0 Å². The van der Waals surface area contributed by atoms with E-state index < -0.39 is 0 Å². The summed E-state index contributed by atoms with van der Waals surface area (Å²) in [4.78, 5) is 5.64. The Morgan fingerprint density at radius 2 is 2.56 bits per heavy atom. The number of ether oxygens (including phenoxy) is 1. The quantitative estimate of drug-likeness (QED) is 0.855. The van der Waals surface area contributed by atoms with Crippen LogP contribution in [0.25, 0.3) is 0 Å². The van der Waals surface area contributed by atoms with E-state index in [4.69, 9.17) is 4.74 Å². The second kappa shape index (κ2) is 5.75. The molecule has 1 N–H and O–H groups in total. The minimum absolute atomic E-state index is 0.566. The predicted molar refractivity (Wildman–Crippen MR) is 66.9 cm³/mol. The molecule has 0 saturated carbocycles. The summed E-state index contributed by atoms with van der Waals surface area (Å²) in [5.41, 5.74) is 0. The molecule has 2 unspecified atom stereocenters. The van der Waals surface area contributed by atoms with Crippen molar-refractivity contribution in [2.24, 2.45) is 5.92 Å². The van der Waals surface area contributed by atoms with Gasteiger partial charge in [0, 0.05) is 30.3 Å². The third-order valence-corrected chi connectivity index (χ3v) is 4.15. The number of rotatable bonds is 5. The Hall–Kier alpha value is -0.450. The number of nitrogens with zero attached hydrogens (tertiary/aromatic N) is 1. The van der Waals surface area contributed by atoms with Gasteiger partial charge in [0.2, 0.25) is 0 Å². The summed E-state index contributed by atoms with van der Waals surface area (Å²) in [6, 6.07) is 0.566. The number of hydrogen-bond donors (Lipinski definition) is 1. The Labute approximate surface area is 101 Å². The van der Waals surface area contributed by atoms with Crippen LogP contribution in [0.15, 0.2) is 6.20 Å². The highest BCUT2D eigenvalue weighted by Crippen LogP contribution is 2.16. The molecule has 0 aliphatic carbocycles. The fourth-order valence-electron chi connectivity index (χ4n) is 2.06. The highest BCUT2D eigenvalue weighted by Gasteiger charge is 2.21. The van der Waals surface area contributed by atoms with Gasteiger partial charge in [-0.3, -0.25) is 0 Å². The Kier molecular flexibility index (Phi) is 4.32. The zero-order chi connectivity index (χ0) is 11.4. The molecular formula is C12H20N2OS. The van der Waals surface area contributed by atoms with E-state index in [-0.39, 0.29) is 0 Å². The molecule has 0 aromatic carbocycles. The van der Waals surface area contributed by atoms with Crippen LogP contribution < -0.4 is 5.32 Å². The van der Waals surface area contributed by atoms with Gasteiger partial charge in [-0.25, -0.2) is 4.98 Å². The van der Waals surface area contributed by atoms with Gasteiger partial charge in [-0.1, -0.05) is 0 Å². The molecule has 0 radical (unpaired) electrons. The van der Waals surface area contributed by atoms with Gasteiger partial charge in [-0.2, -0.15) is 0 Å². The zero-order valence-electron chi connectivity index (χ0n) is 10.0. The van der Waals surface area contributed by atoms with E-state index >= 15 is 0 Å². The molecule has 90 valence electrons. The van der Waals surface area contributed by atoms with Gasteiger partial charge in [0.05, 0.1) is 11.6 Å². The summed E-state index contributed by atoms with van der Waals surface area (Å²) in [6.07, 6.45) is 4.28. The second-order valence-corrected chi connectivity index (χ2v) is 5.78. The lowest BCUT2D eigenvalue weighted by Gasteiger charge is -2.18. The Morgan fingerprint density at radius 3 is 3.19 bits per heavy atom. The van der Waals surface area contributed by atoms with Crippen molar-refractivity contribution < 1.29 is 4.74 Å². The van der Waals surface area contributed by atoms with E-state index in [2.05, 4.69) is 24.1 Å². The summed E-state index contributed by atoms with van der Waals surface area (Å²) in [5, 5.41) is 4.74. The number of nitrogens with one attached hydrogen (secondary N) is 1. The third kappa shape index (κ3) is 3.27. The maximum absolute atomic E-state index is 5.40. The highest BCUT2D eigenvalue weighted by atomic mass is 32.1. The average molecular weight is 240 g/mol. The van der Waals surface area contributed by atoms with E-state index in [0.29, 0.717) is 12.0 Å². The number of aromatic nitrogens is 1. The van der Waals surface area contributed by atoms with Crippen LogP contribution in [-0.2, 0) is 11.2 Å². The lowest BCUT2D eigenvalue weighted by Crippen LogP contribution is -2.35. The lowest BCUT2D eigenvalue weighted by atomic mass is 10.0. The van der Waals surface area contributed by atoms with Gasteiger partial charge >= 0.3 is 0 Å². The van der Waals surface area contributed by atoms with Crippen LogP contribution in [0.4, 0.5) is 0 Å². The summed E-state index contributed by atoms with van der Waals surface area (Å²) in [5.74, 6) is 0.697. The van der Waals surface area contributed by atoms with Crippen molar-refractivity contribution in [2.75, 3.05) is 19.8 Å². The van der Waals surface area contributed by atoms with Gasteiger partial charge in [0.1, 0.15) is 0 Å². The number of hydrogen-bond acceptors (Lipinski definition) is 4. The molecule has 16 heavy (non-hydrogen) atoms. The maximum Gasteiger partial charge on any atom is 0.0896 e. The Morgan fingerprint density at radius 1 is 1.69 bits per heavy atom. The molecule has 1 saturated heterocycles. The standard InChI is InChI=1S/C12H20N2OS/c1-9(11-4-6-15-8-11)13-5-3-12-7-14-10(2)16-12/h7,9,11,13H,3-6,8H2,1-2H3. The van der Waals surface area contributed by atoms with Crippen molar-refractivity contribution in [1.29, 1.82) is 0 Å². The van der Waals surface area contributed by atoms with E-state index in [9.17, 15) is 0 Å². The number of thiazole rings is 1. The fraction of sp³-hybridized carbons (Fsp3) is 0.750. The van der Waals surface area contributed by atoms with Gasteiger partial charge in [0.15, 0.2) is 0 Å². The van der Waals surface area contributed by atoms with Gasteiger partial charge in [-0.05, 0) is 32.6 Å². The zero-order valence-corrected chi connectivity index (χ0v) is 10.8. The van der Waals surface area contributed by atoms with Crippen LogP contribution in [0.3, 0.4) is 0 Å². The molecule has 1 fully saturated rings. The van der Waals surface area contributed by atoms with Gasteiger partial charge < -0.3 is 10.1 Å². The van der Waals surface area contributed by atoms with Crippen LogP contribution in [0, 0.1) is 12.8 Å². The summed E-state index contributed by atoms with van der Waals surface area (Å²) < 4.78 is 5.40. The second-order valence-electron chi connectivity index (χ2n) is 4.46. The van der Waals surface area contributed by atoms with Gasteiger partial charge in [0.25, 0.3) is 0 Å². The summed E-state index contributed by atoms with van der Waals surface area (Å²) in [7, 11) is 0. The molecule has 1 aliphatic heterocycles. The van der Waals surface area contributed by atoms with Crippen molar-refractivity contribution in [3.05, 3.63) is 16.1 Å². The van der Waals surface area contributed by atoms with E-state index in [1.165, 1.54) is 11.3 Å². The monoisotopic (exact) mass is 240 g/mol.